The molecule has 2 atom stereocenters. The fourth-order valence-corrected chi connectivity index (χ4v) is 7.08. The number of aromatic nitrogens is 3. The van der Waals surface area contributed by atoms with E-state index in [1.54, 1.807) is 13.0 Å². The molecule has 5 heterocycles. The van der Waals surface area contributed by atoms with E-state index in [1.165, 1.54) is 7.11 Å². The summed E-state index contributed by atoms with van der Waals surface area (Å²) in [6.07, 6.45) is 3.28. The van der Waals surface area contributed by atoms with E-state index in [4.69, 9.17) is 33.8 Å². The predicted molar refractivity (Wildman–Crippen MR) is 200 cm³/mol. The summed E-state index contributed by atoms with van der Waals surface area (Å²) in [5, 5.41) is 5.17. The Morgan fingerprint density at radius 2 is 1.81 bits per heavy atom. The summed E-state index contributed by atoms with van der Waals surface area (Å²) in [6, 6.07) is 15.4. The van der Waals surface area contributed by atoms with E-state index in [2.05, 4.69) is 24.8 Å². The van der Waals surface area contributed by atoms with Crippen LogP contribution in [0.5, 0.6) is 5.75 Å². The SMILES string of the molecule is CCOC(=O)[C@@H](OC(C)(C)C)c1c(C)nc2cc3nn2c1N1CCC(C)(CC1)OCCCC[C@H](C)Oc1ccc(C(=O)OC)cc1-c1cccc-3c1. The van der Waals surface area contributed by atoms with Gasteiger partial charge in [0, 0.05) is 42.6 Å². The van der Waals surface area contributed by atoms with Crippen molar-refractivity contribution in [3.8, 4) is 28.1 Å². The first-order valence-corrected chi connectivity index (χ1v) is 18.4. The molecular weight excluding hydrogens is 660 g/mol. The van der Waals surface area contributed by atoms with Crippen LogP contribution in [0.4, 0.5) is 5.82 Å². The molecule has 4 aromatic rings. The molecule has 0 saturated carbocycles. The number of carbonyl (C=O) groups is 2. The summed E-state index contributed by atoms with van der Waals surface area (Å²) < 4.78 is 32.1. The van der Waals surface area contributed by atoms with Gasteiger partial charge in [-0.3, -0.25) is 0 Å². The van der Waals surface area contributed by atoms with Gasteiger partial charge in [-0.1, -0.05) is 18.2 Å². The molecule has 11 nitrogen and oxygen atoms in total. The van der Waals surface area contributed by atoms with Crippen molar-refractivity contribution in [1.82, 2.24) is 14.6 Å². The number of methoxy groups -OCH3 is 1. The highest BCUT2D eigenvalue weighted by Gasteiger charge is 2.38. The van der Waals surface area contributed by atoms with Gasteiger partial charge in [-0.05, 0) is 110 Å². The Kier molecular flexibility index (Phi) is 10.9. The molecular formula is C41H52N4O7. The highest BCUT2D eigenvalue weighted by molar-refractivity contribution is 5.92. The normalized spacial score (nSPS) is 20.2. The van der Waals surface area contributed by atoms with Gasteiger partial charge in [-0.15, -0.1) is 0 Å². The Morgan fingerprint density at radius 1 is 1.06 bits per heavy atom. The molecule has 0 amide bonds. The Balaban J connectivity index is 1.55. The standard InChI is InChI=1S/C41H52N4O7/c1-9-49-39(47)36(52-40(4,5)6)35-27(3)42-34-25-32-29-15-12-14-28(23-29)31-24-30(38(46)48-8)16-17-33(31)51-26(2)13-10-11-22-50-41(7)18-20-44(21-19-41)37(35)45(34)43-32/h12,14-17,23-26,36H,9-11,13,18-22H2,1-8H3/t26-,36-/m0/s1. The molecule has 6 bridgehead atoms. The first kappa shape index (κ1) is 37.3. The van der Waals surface area contributed by atoms with E-state index in [9.17, 15) is 9.59 Å². The second kappa shape index (κ2) is 15.2. The Morgan fingerprint density at radius 3 is 2.52 bits per heavy atom. The van der Waals surface area contributed by atoms with Crippen molar-refractivity contribution in [1.29, 1.82) is 0 Å². The van der Waals surface area contributed by atoms with Gasteiger partial charge in [0.2, 0.25) is 0 Å². The smallest absolute Gasteiger partial charge is 0.340 e. The van der Waals surface area contributed by atoms with E-state index < -0.39 is 23.6 Å². The van der Waals surface area contributed by atoms with Gasteiger partial charge in [0.05, 0.1) is 47.8 Å². The van der Waals surface area contributed by atoms with Crippen molar-refractivity contribution >= 4 is 23.4 Å². The third-order valence-corrected chi connectivity index (χ3v) is 9.81. The lowest BCUT2D eigenvalue weighted by atomic mass is 9.92. The van der Waals surface area contributed by atoms with Crippen LogP contribution in [-0.4, -0.2) is 77.3 Å². The Bertz CT molecular complexity index is 1920. The molecule has 3 aliphatic rings. The van der Waals surface area contributed by atoms with Gasteiger partial charge in [0.25, 0.3) is 0 Å². The largest absolute Gasteiger partial charge is 0.490 e. The summed E-state index contributed by atoms with van der Waals surface area (Å²) in [6.45, 7) is 16.1. The molecule has 1 fully saturated rings. The lowest BCUT2D eigenvalue weighted by Crippen LogP contribution is -2.46. The minimum absolute atomic E-state index is 0.0450. The van der Waals surface area contributed by atoms with Crippen LogP contribution in [0.15, 0.2) is 48.5 Å². The summed E-state index contributed by atoms with van der Waals surface area (Å²) in [4.78, 5) is 33.6. The van der Waals surface area contributed by atoms with E-state index >= 15 is 0 Å². The fourth-order valence-electron chi connectivity index (χ4n) is 7.08. The lowest BCUT2D eigenvalue weighted by Gasteiger charge is -2.41. The van der Waals surface area contributed by atoms with Gasteiger partial charge in [-0.2, -0.15) is 9.61 Å². The van der Waals surface area contributed by atoms with Crippen molar-refractivity contribution in [3.63, 3.8) is 0 Å². The number of esters is 2. The third kappa shape index (κ3) is 8.10. The zero-order valence-electron chi connectivity index (χ0n) is 31.8. The second-order valence-electron chi connectivity index (χ2n) is 15.1. The van der Waals surface area contributed by atoms with Crippen LogP contribution in [0.1, 0.15) is 101 Å². The van der Waals surface area contributed by atoms with Gasteiger partial charge in [0.15, 0.2) is 11.8 Å². The lowest BCUT2D eigenvalue weighted by molar-refractivity contribution is -0.166. The number of nitrogens with zero attached hydrogens (tertiary/aromatic N) is 4. The zero-order chi connectivity index (χ0) is 37.2. The topological polar surface area (TPSA) is 114 Å². The molecule has 0 aliphatic carbocycles. The van der Waals surface area contributed by atoms with E-state index in [0.717, 1.165) is 54.6 Å². The first-order chi connectivity index (χ1) is 24.8. The van der Waals surface area contributed by atoms with E-state index in [-0.39, 0.29) is 18.3 Å². The number of rotatable bonds is 5. The molecule has 11 heteroatoms. The predicted octanol–water partition coefficient (Wildman–Crippen LogP) is 7.90. The van der Waals surface area contributed by atoms with Gasteiger partial charge in [0.1, 0.15) is 11.6 Å². The third-order valence-electron chi connectivity index (χ3n) is 9.81. The number of fused-ring (bicyclic) bond motifs is 8. The molecule has 2 aromatic heterocycles. The van der Waals surface area contributed by atoms with Crippen LogP contribution >= 0.6 is 0 Å². The first-order valence-electron chi connectivity index (χ1n) is 18.4. The monoisotopic (exact) mass is 712 g/mol. The van der Waals surface area contributed by atoms with Crippen molar-refractivity contribution < 1.29 is 33.3 Å². The van der Waals surface area contributed by atoms with E-state index in [1.807, 2.05) is 68.6 Å². The van der Waals surface area contributed by atoms with E-state index in [0.29, 0.717) is 53.6 Å². The average Bonchev–Trinajstić information content (AvgIpc) is 3.53. The molecule has 0 spiro atoms. The van der Waals surface area contributed by atoms with Crippen LogP contribution in [0.25, 0.3) is 28.0 Å². The van der Waals surface area contributed by atoms with Crippen LogP contribution in [0.3, 0.4) is 0 Å². The number of ether oxygens (including phenoxy) is 5. The molecule has 2 aromatic carbocycles. The highest BCUT2D eigenvalue weighted by atomic mass is 16.6. The molecule has 3 aliphatic heterocycles. The molecule has 7 rings (SSSR count). The van der Waals surface area contributed by atoms with Gasteiger partial charge >= 0.3 is 11.9 Å². The molecule has 0 unspecified atom stereocenters. The van der Waals surface area contributed by atoms with Crippen LogP contribution in [0, 0.1) is 6.92 Å². The molecule has 0 N–H and O–H groups in total. The number of hydrogen-bond donors (Lipinski definition) is 0. The van der Waals surface area contributed by atoms with Gasteiger partial charge in [-0.25, -0.2) is 14.6 Å². The molecule has 278 valence electrons. The fraction of sp³-hybridized carbons (Fsp3) is 0.512. The van der Waals surface area contributed by atoms with Crippen LogP contribution in [-0.2, 0) is 23.7 Å². The number of benzene rings is 2. The second-order valence-corrected chi connectivity index (χ2v) is 15.1. The molecule has 1 saturated heterocycles. The number of carbonyl (C=O) groups excluding carboxylic acids is 2. The molecule has 0 radical (unpaired) electrons. The van der Waals surface area contributed by atoms with Crippen molar-refractivity contribution in [2.45, 2.75) is 104 Å². The quantitative estimate of drug-likeness (QED) is 0.189. The average molecular weight is 713 g/mol. The van der Waals surface area contributed by atoms with Crippen LogP contribution < -0.4 is 9.64 Å². The summed E-state index contributed by atoms with van der Waals surface area (Å²) in [7, 11) is 1.38. The maximum absolute atomic E-state index is 13.7. The van der Waals surface area contributed by atoms with Gasteiger partial charge < -0.3 is 28.6 Å². The Hall–Kier alpha value is -4.48. The highest BCUT2D eigenvalue weighted by Crippen LogP contribution is 2.40. The van der Waals surface area contributed by atoms with Crippen molar-refractivity contribution in [2.24, 2.45) is 0 Å². The number of hydrogen-bond acceptors (Lipinski definition) is 10. The number of aryl methyl sites for hydroxylation is 1. The number of anilines is 1. The Labute approximate surface area is 306 Å². The minimum Gasteiger partial charge on any atom is -0.490 e. The maximum atomic E-state index is 13.7. The molecule has 52 heavy (non-hydrogen) atoms. The van der Waals surface area contributed by atoms with Crippen LogP contribution in [0.2, 0.25) is 0 Å². The van der Waals surface area contributed by atoms with Crippen molar-refractivity contribution in [3.05, 3.63) is 65.4 Å². The zero-order valence-corrected chi connectivity index (χ0v) is 31.8. The summed E-state index contributed by atoms with van der Waals surface area (Å²) in [5.41, 5.74) is 4.68. The maximum Gasteiger partial charge on any atom is 0.340 e. The minimum atomic E-state index is -1.01. The van der Waals surface area contributed by atoms with Crippen molar-refractivity contribution in [2.75, 3.05) is 38.3 Å². The summed E-state index contributed by atoms with van der Waals surface area (Å²) in [5.74, 6) is 0.567. The number of piperidine rings is 1. The summed E-state index contributed by atoms with van der Waals surface area (Å²) >= 11 is 0.